The second-order valence-electron chi connectivity index (χ2n) is 6.83. The second-order valence-corrected chi connectivity index (χ2v) is 6.83. The Bertz CT molecular complexity index is 345. The molecule has 1 fully saturated rings. The molecule has 0 aromatic heterocycles. The van der Waals surface area contributed by atoms with Crippen molar-refractivity contribution < 1.29 is 14.3 Å². The number of carbonyl (C=O) groups is 2. The van der Waals surface area contributed by atoms with Gasteiger partial charge in [0.15, 0.2) is 0 Å². The number of hydrogen-bond donors (Lipinski definition) is 1. The van der Waals surface area contributed by atoms with Crippen molar-refractivity contribution in [1.29, 1.82) is 0 Å². The predicted octanol–water partition coefficient (Wildman–Crippen LogP) is 1.75. The number of nitrogens with zero attached hydrogens (tertiary/aromatic N) is 1. The molecule has 1 saturated heterocycles. The van der Waals surface area contributed by atoms with Crippen LogP contribution in [0.25, 0.3) is 0 Å². The third kappa shape index (κ3) is 4.20. The highest BCUT2D eigenvalue weighted by Crippen LogP contribution is 2.32. The molecule has 1 atom stereocenters. The fourth-order valence-corrected chi connectivity index (χ4v) is 2.30. The van der Waals surface area contributed by atoms with Crippen LogP contribution in [0, 0.1) is 11.3 Å². The lowest BCUT2D eigenvalue weighted by Crippen LogP contribution is -2.51. The van der Waals surface area contributed by atoms with Gasteiger partial charge in [0.05, 0.1) is 5.92 Å². The minimum Gasteiger partial charge on any atom is -0.444 e. The highest BCUT2D eigenvalue weighted by atomic mass is 16.6. The number of amides is 2. The molecule has 5 nitrogen and oxygen atoms in total. The number of rotatable bonds is 1. The Morgan fingerprint density at radius 1 is 1.33 bits per heavy atom. The molecule has 0 saturated carbocycles. The fraction of sp³-hybridized carbons (Fsp3) is 0.846. The van der Waals surface area contributed by atoms with Gasteiger partial charge in [-0.25, -0.2) is 4.79 Å². The molecule has 2 amide bonds. The summed E-state index contributed by atoms with van der Waals surface area (Å²) in [6.07, 6.45) is 0.336. The van der Waals surface area contributed by atoms with Crippen molar-refractivity contribution in [2.24, 2.45) is 17.1 Å². The lowest BCUT2D eigenvalue weighted by Gasteiger charge is -2.41. The van der Waals surface area contributed by atoms with E-state index in [1.807, 2.05) is 34.6 Å². The first-order valence-electron chi connectivity index (χ1n) is 6.27. The molecule has 0 spiro atoms. The molecule has 1 aliphatic heterocycles. The zero-order chi connectivity index (χ0) is 14.1. The Morgan fingerprint density at radius 2 is 1.89 bits per heavy atom. The van der Waals surface area contributed by atoms with Crippen molar-refractivity contribution in [3.8, 4) is 0 Å². The molecule has 0 aromatic carbocycles. The number of piperidine rings is 1. The van der Waals surface area contributed by atoms with E-state index in [9.17, 15) is 9.59 Å². The molecule has 2 N–H and O–H groups in total. The standard InChI is InChI=1S/C13H24N2O3/c1-12(2,3)18-11(17)15-7-9(10(14)16)6-13(4,5)8-15/h9H,6-8H2,1-5H3,(H2,14,16). The maximum atomic E-state index is 12.0. The molecule has 1 unspecified atom stereocenters. The zero-order valence-corrected chi connectivity index (χ0v) is 11.9. The smallest absolute Gasteiger partial charge is 0.410 e. The maximum Gasteiger partial charge on any atom is 0.410 e. The summed E-state index contributed by atoms with van der Waals surface area (Å²) in [7, 11) is 0. The van der Waals surface area contributed by atoms with Gasteiger partial charge in [-0.15, -0.1) is 0 Å². The number of carbonyl (C=O) groups excluding carboxylic acids is 2. The van der Waals surface area contributed by atoms with Crippen molar-refractivity contribution in [3.63, 3.8) is 0 Å². The first-order chi connectivity index (χ1) is 8.00. The lowest BCUT2D eigenvalue weighted by molar-refractivity contribution is -0.125. The van der Waals surface area contributed by atoms with Crippen LogP contribution in [0.15, 0.2) is 0 Å². The van der Waals surface area contributed by atoms with Crippen LogP contribution in [0.3, 0.4) is 0 Å². The van der Waals surface area contributed by atoms with Gasteiger partial charge in [-0.3, -0.25) is 4.79 Å². The van der Waals surface area contributed by atoms with Gasteiger partial charge in [0.2, 0.25) is 5.91 Å². The van der Waals surface area contributed by atoms with Crippen LogP contribution in [0.5, 0.6) is 0 Å². The van der Waals surface area contributed by atoms with Crippen molar-refractivity contribution in [3.05, 3.63) is 0 Å². The van der Waals surface area contributed by atoms with Gasteiger partial charge < -0.3 is 15.4 Å². The molecule has 1 aliphatic rings. The summed E-state index contributed by atoms with van der Waals surface area (Å²) < 4.78 is 5.33. The van der Waals surface area contributed by atoms with Crippen molar-refractivity contribution in [1.82, 2.24) is 4.90 Å². The number of ether oxygens (including phenoxy) is 1. The molecular weight excluding hydrogens is 232 g/mol. The van der Waals surface area contributed by atoms with E-state index >= 15 is 0 Å². The minimum absolute atomic E-state index is 0.116. The van der Waals surface area contributed by atoms with Crippen LogP contribution in [-0.2, 0) is 9.53 Å². The quantitative estimate of drug-likeness (QED) is 0.777. The molecular formula is C13H24N2O3. The molecule has 1 rings (SSSR count). The van der Waals surface area contributed by atoms with Crippen LogP contribution < -0.4 is 5.73 Å². The first-order valence-corrected chi connectivity index (χ1v) is 6.27. The van der Waals surface area contributed by atoms with Gasteiger partial charge in [0.25, 0.3) is 0 Å². The molecule has 0 aromatic rings. The van der Waals surface area contributed by atoms with Crippen molar-refractivity contribution >= 4 is 12.0 Å². The number of nitrogens with two attached hydrogens (primary N) is 1. The van der Waals surface area contributed by atoms with Gasteiger partial charge in [-0.1, -0.05) is 13.8 Å². The van der Waals surface area contributed by atoms with Crippen LogP contribution in [-0.4, -0.2) is 35.6 Å². The SMILES string of the molecule is CC1(C)CC(C(N)=O)CN(C(=O)OC(C)(C)C)C1. The number of primary amides is 1. The Hall–Kier alpha value is -1.26. The Labute approximate surface area is 109 Å². The second kappa shape index (κ2) is 4.78. The summed E-state index contributed by atoms with van der Waals surface area (Å²) in [6, 6.07) is 0. The van der Waals surface area contributed by atoms with E-state index in [-0.39, 0.29) is 23.3 Å². The summed E-state index contributed by atoms with van der Waals surface area (Å²) in [5, 5.41) is 0. The van der Waals surface area contributed by atoms with E-state index in [1.165, 1.54) is 0 Å². The molecule has 104 valence electrons. The predicted molar refractivity (Wildman–Crippen MR) is 68.9 cm³/mol. The molecule has 0 bridgehead atoms. The van der Waals surface area contributed by atoms with E-state index in [1.54, 1.807) is 4.90 Å². The van der Waals surface area contributed by atoms with Gasteiger partial charge >= 0.3 is 6.09 Å². The number of hydrogen-bond acceptors (Lipinski definition) is 3. The summed E-state index contributed by atoms with van der Waals surface area (Å²) in [4.78, 5) is 24.9. The number of likely N-dealkylation sites (tertiary alicyclic amines) is 1. The summed E-state index contributed by atoms with van der Waals surface area (Å²) in [5.41, 5.74) is 4.72. The average Bonchev–Trinajstić information content (AvgIpc) is 2.12. The zero-order valence-electron chi connectivity index (χ0n) is 11.9. The largest absolute Gasteiger partial charge is 0.444 e. The summed E-state index contributed by atoms with van der Waals surface area (Å²) in [5.74, 6) is -0.641. The first kappa shape index (κ1) is 14.8. The van der Waals surface area contributed by atoms with Crippen LogP contribution in [0.1, 0.15) is 41.0 Å². The monoisotopic (exact) mass is 256 g/mol. The molecule has 0 radical (unpaired) electrons. The third-order valence-corrected chi connectivity index (χ3v) is 2.91. The highest BCUT2D eigenvalue weighted by Gasteiger charge is 2.38. The van der Waals surface area contributed by atoms with Crippen molar-refractivity contribution in [2.75, 3.05) is 13.1 Å². The average molecular weight is 256 g/mol. The molecule has 0 aliphatic carbocycles. The molecule has 1 heterocycles. The Kier molecular flexibility index (Phi) is 3.93. The molecule has 5 heteroatoms. The minimum atomic E-state index is -0.527. The normalized spacial score (nSPS) is 23.6. The third-order valence-electron chi connectivity index (χ3n) is 2.91. The van der Waals surface area contributed by atoms with E-state index < -0.39 is 5.60 Å². The summed E-state index contributed by atoms with van der Waals surface area (Å²) in [6.45, 7) is 10.5. The lowest BCUT2D eigenvalue weighted by atomic mass is 9.78. The van der Waals surface area contributed by atoms with E-state index in [4.69, 9.17) is 10.5 Å². The van der Waals surface area contributed by atoms with Gasteiger partial charge in [-0.05, 0) is 32.6 Å². The van der Waals surface area contributed by atoms with Gasteiger partial charge in [-0.2, -0.15) is 0 Å². The van der Waals surface area contributed by atoms with Crippen LogP contribution in [0.2, 0.25) is 0 Å². The van der Waals surface area contributed by atoms with E-state index in [0.29, 0.717) is 19.5 Å². The fourth-order valence-electron chi connectivity index (χ4n) is 2.30. The van der Waals surface area contributed by atoms with Crippen LogP contribution >= 0.6 is 0 Å². The van der Waals surface area contributed by atoms with E-state index in [0.717, 1.165) is 0 Å². The Balaban J connectivity index is 2.76. The maximum absolute atomic E-state index is 12.0. The van der Waals surface area contributed by atoms with Gasteiger partial charge in [0.1, 0.15) is 5.60 Å². The van der Waals surface area contributed by atoms with E-state index in [2.05, 4.69) is 0 Å². The Morgan fingerprint density at radius 3 is 2.33 bits per heavy atom. The van der Waals surface area contributed by atoms with Crippen LogP contribution in [0.4, 0.5) is 4.79 Å². The topological polar surface area (TPSA) is 72.6 Å². The highest BCUT2D eigenvalue weighted by molar-refractivity contribution is 5.78. The summed E-state index contributed by atoms with van der Waals surface area (Å²) >= 11 is 0. The molecule has 18 heavy (non-hydrogen) atoms. The van der Waals surface area contributed by atoms with Gasteiger partial charge in [0, 0.05) is 13.1 Å². The van der Waals surface area contributed by atoms with Crippen molar-refractivity contribution in [2.45, 2.75) is 46.6 Å².